The van der Waals surface area contributed by atoms with Gasteiger partial charge in [0.05, 0.1) is 6.04 Å². The van der Waals surface area contributed by atoms with Crippen molar-refractivity contribution in [2.45, 2.75) is 13.0 Å². The molecule has 2 rings (SSSR count). The molecular weight excluding hydrogens is 228 g/mol. The zero-order chi connectivity index (χ0) is 11.5. The zero-order valence-corrected chi connectivity index (χ0v) is 9.30. The van der Waals surface area contributed by atoms with E-state index in [4.69, 9.17) is 0 Å². The second-order valence-electron chi connectivity index (χ2n) is 3.24. The van der Waals surface area contributed by atoms with Crippen molar-refractivity contribution in [2.24, 2.45) is 0 Å². The van der Waals surface area contributed by atoms with E-state index in [2.05, 4.69) is 20.5 Å². The zero-order valence-electron chi connectivity index (χ0n) is 8.48. The molecule has 1 atom stereocenters. The van der Waals surface area contributed by atoms with Crippen LogP contribution in [0.25, 0.3) is 0 Å². The number of nitrogens with zero attached hydrogens (tertiary/aromatic N) is 1. The van der Waals surface area contributed by atoms with Crippen molar-refractivity contribution in [3.8, 4) is 0 Å². The van der Waals surface area contributed by atoms with Gasteiger partial charge in [-0.1, -0.05) is 6.07 Å². The Kier molecular flexibility index (Phi) is 2.86. The second kappa shape index (κ2) is 4.31. The van der Waals surface area contributed by atoms with E-state index in [9.17, 15) is 9.59 Å². The summed E-state index contributed by atoms with van der Waals surface area (Å²) in [6.07, 6.45) is 0. The van der Waals surface area contributed by atoms with E-state index in [1.165, 1.54) is 0 Å². The average molecular weight is 238 g/mol. The van der Waals surface area contributed by atoms with Gasteiger partial charge in [0.2, 0.25) is 5.82 Å². The molecule has 84 valence electrons. The standard InChI is InChI=1S/C9H10N4O2S/c1-5(6-3-2-4-16-6)10-7-8(14)11-9(15)13-12-7/h2-5H,1H3,(H,10,12)(H2,11,13,14,15). The van der Waals surface area contributed by atoms with Gasteiger partial charge in [0.25, 0.3) is 5.56 Å². The molecule has 0 bridgehead atoms. The van der Waals surface area contributed by atoms with Crippen LogP contribution in [0.1, 0.15) is 17.8 Å². The van der Waals surface area contributed by atoms with Crippen molar-refractivity contribution < 1.29 is 0 Å². The molecule has 3 N–H and O–H groups in total. The van der Waals surface area contributed by atoms with Gasteiger partial charge < -0.3 is 5.32 Å². The van der Waals surface area contributed by atoms with Gasteiger partial charge in [-0.2, -0.15) is 0 Å². The Morgan fingerprint density at radius 1 is 1.50 bits per heavy atom. The molecule has 0 fully saturated rings. The van der Waals surface area contributed by atoms with Crippen LogP contribution in [-0.2, 0) is 0 Å². The van der Waals surface area contributed by atoms with Gasteiger partial charge in [0.1, 0.15) is 0 Å². The van der Waals surface area contributed by atoms with Gasteiger partial charge in [-0.25, -0.2) is 9.89 Å². The molecule has 0 aliphatic rings. The molecule has 1 unspecified atom stereocenters. The van der Waals surface area contributed by atoms with Crippen LogP contribution < -0.4 is 16.6 Å². The second-order valence-corrected chi connectivity index (χ2v) is 4.22. The number of hydrogen-bond donors (Lipinski definition) is 3. The lowest BCUT2D eigenvalue weighted by Crippen LogP contribution is -2.27. The van der Waals surface area contributed by atoms with Crippen LogP contribution >= 0.6 is 11.3 Å². The first-order valence-corrected chi connectivity index (χ1v) is 5.53. The summed E-state index contributed by atoms with van der Waals surface area (Å²) in [5, 5.41) is 10.7. The van der Waals surface area contributed by atoms with Gasteiger partial charge in [-0.3, -0.25) is 9.78 Å². The predicted octanol–water partition coefficient (Wildman–Crippen LogP) is 0.693. The molecule has 0 amide bonds. The van der Waals surface area contributed by atoms with E-state index in [1.807, 2.05) is 24.4 Å². The Hall–Kier alpha value is -1.89. The fourth-order valence-electron chi connectivity index (χ4n) is 1.26. The molecule has 0 aliphatic heterocycles. The Labute approximate surface area is 94.4 Å². The molecule has 0 spiro atoms. The van der Waals surface area contributed by atoms with E-state index in [-0.39, 0.29) is 11.9 Å². The minimum Gasteiger partial charge on any atom is -0.357 e. The predicted molar refractivity (Wildman–Crippen MR) is 61.8 cm³/mol. The summed E-state index contributed by atoms with van der Waals surface area (Å²) in [6, 6.07) is 3.87. The van der Waals surface area contributed by atoms with Gasteiger partial charge in [0.15, 0.2) is 0 Å². The Balaban J connectivity index is 2.21. The Morgan fingerprint density at radius 2 is 2.31 bits per heavy atom. The average Bonchev–Trinajstić information content (AvgIpc) is 2.75. The number of hydrogen-bond acceptors (Lipinski definition) is 5. The van der Waals surface area contributed by atoms with Crippen molar-refractivity contribution >= 4 is 17.2 Å². The molecular formula is C9H10N4O2S. The topological polar surface area (TPSA) is 90.6 Å². The first kappa shape index (κ1) is 10.6. The normalized spacial score (nSPS) is 12.3. The lowest BCUT2D eigenvalue weighted by molar-refractivity contribution is 0.836. The summed E-state index contributed by atoms with van der Waals surface area (Å²) in [6.45, 7) is 1.91. The van der Waals surface area contributed by atoms with Crippen molar-refractivity contribution in [1.82, 2.24) is 15.2 Å². The number of thiophene rings is 1. The summed E-state index contributed by atoms with van der Waals surface area (Å²) in [5.74, 6) is 0.112. The van der Waals surface area contributed by atoms with Crippen LogP contribution in [0.15, 0.2) is 27.1 Å². The maximum absolute atomic E-state index is 11.3. The minimum atomic E-state index is -0.612. The number of nitrogens with one attached hydrogen (secondary N) is 3. The summed E-state index contributed by atoms with van der Waals surface area (Å²) in [5.41, 5.74) is -1.13. The number of aromatic nitrogens is 3. The van der Waals surface area contributed by atoms with Crippen molar-refractivity contribution in [3.05, 3.63) is 43.2 Å². The van der Waals surface area contributed by atoms with Gasteiger partial charge in [-0.05, 0) is 18.4 Å². The van der Waals surface area contributed by atoms with Gasteiger partial charge >= 0.3 is 5.69 Å². The molecule has 0 radical (unpaired) electrons. The molecule has 6 nitrogen and oxygen atoms in total. The highest BCUT2D eigenvalue weighted by Crippen LogP contribution is 2.20. The molecule has 0 aromatic carbocycles. The summed E-state index contributed by atoms with van der Waals surface area (Å²) < 4.78 is 0. The summed E-state index contributed by atoms with van der Waals surface area (Å²) >= 11 is 1.58. The van der Waals surface area contributed by atoms with Crippen LogP contribution in [0.5, 0.6) is 0 Å². The third-order valence-electron chi connectivity index (χ3n) is 2.03. The largest absolute Gasteiger partial charge is 0.357 e. The molecule has 0 aliphatic carbocycles. The number of aromatic amines is 2. The lowest BCUT2D eigenvalue weighted by Gasteiger charge is -2.10. The van der Waals surface area contributed by atoms with Crippen LogP contribution in [0.4, 0.5) is 5.82 Å². The maximum atomic E-state index is 11.3. The van der Waals surface area contributed by atoms with Gasteiger partial charge in [-0.15, -0.1) is 16.4 Å². The van der Waals surface area contributed by atoms with Crippen molar-refractivity contribution in [3.63, 3.8) is 0 Å². The number of rotatable bonds is 3. The highest BCUT2D eigenvalue weighted by atomic mass is 32.1. The van der Waals surface area contributed by atoms with E-state index >= 15 is 0 Å². The maximum Gasteiger partial charge on any atom is 0.342 e. The van der Waals surface area contributed by atoms with Crippen LogP contribution in [-0.4, -0.2) is 15.2 Å². The minimum absolute atomic E-state index is 0.0282. The third-order valence-corrected chi connectivity index (χ3v) is 3.09. The number of anilines is 1. The molecule has 2 heterocycles. The van der Waals surface area contributed by atoms with E-state index in [0.29, 0.717) is 0 Å². The van der Waals surface area contributed by atoms with Gasteiger partial charge in [0, 0.05) is 4.88 Å². The van der Waals surface area contributed by atoms with E-state index in [0.717, 1.165) is 4.88 Å². The molecule has 0 saturated carbocycles. The van der Waals surface area contributed by atoms with E-state index < -0.39 is 11.2 Å². The quantitative estimate of drug-likeness (QED) is 0.733. The Bertz CT molecular complexity index is 572. The summed E-state index contributed by atoms with van der Waals surface area (Å²) in [7, 11) is 0. The van der Waals surface area contributed by atoms with Crippen molar-refractivity contribution in [1.29, 1.82) is 0 Å². The fraction of sp³-hybridized carbons (Fsp3) is 0.222. The lowest BCUT2D eigenvalue weighted by atomic mass is 10.3. The highest BCUT2D eigenvalue weighted by molar-refractivity contribution is 7.10. The monoisotopic (exact) mass is 238 g/mol. The molecule has 2 aromatic heterocycles. The first-order chi connectivity index (χ1) is 7.66. The van der Waals surface area contributed by atoms with Crippen LogP contribution in [0.2, 0.25) is 0 Å². The van der Waals surface area contributed by atoms with E-state index in [1.54, 1.807) is 11.3 Å². The first-order valence-electron chi connectivity index (χ1n) is 4.66. The molecule has 0 saturated heterocycles. The fourth-order valence-corrected chi connectivity index (χ4v) is 1.99. The van der Waals surface area contributed by atoms with Crippen LogP contribution in [0.3, 0.4) is 0 Å². The highest BCUT2D eigenvalue weighted by Gasteiger charge is 2.09. The van der Waals surface area contributed by atoms with Crippen LogP contribution in [0, 0.1) is 0 Å². The SMILES string of the molecule is CC(Nc1n[nH]c(=O)[nH]c1=O)c1cccs1. The molecule has 7 heteroatoms. The molecule has 16 heavy (non-hydrogen) atoms. The summed E-state index contributed by atoms with van der Waals surface area (Å²) in [4.78, 5) is 25.3. The Morgan fingerprint density at radius 3 is 2.94 bits per heavy atom. The van der Waals surface area contributed by atoms with Crippen molar-refractivity contribution in [2.75, 3.05) is 5.32 Å². The third kappa shape index (κ3) is 2.19. The smallest absolute Gasteiger partial charge is 0.342 e. The number of H-pyrrole nitrogens is 2. The molecule has 2 aromatic rings.